The fourth-order valence-electron chi connectivity index (χ4n) is 3.05. The minimum Gasteiger partial charge on any atom is -0.454 e. The summed E-state index contributed by atoms with van der Waals surface area (Å²) < 4.78 is 5.49. The summed E-state index contributed by atoms with van der Waals surface area (Å²) in [5.74, 6) is -0.887. The minimum absolute atomic E-state index is 0.0265. The van der Waals surface area contributed by atoms with E-state index in [1.165, 1.54) is 19.1 Å². The molecule has 0 aromatic heterocycles. The van der Waals surface area contributed by atoms with Crippen LogP contribution in [0.15, 0.2) is 36.4 Å². The zero-order valence-corrected chi connectivity index (χ0v) is 13.4. The largest absolute Gasteiger partial charge is 0.454 e. The van der Waals surface area contributed by atoms with Crippen molar-refractivity contribution in [3.05, 3.63) is 52.1 Å². The molecule has 6 nitrogen and oxygen atoms in total. The number of rotatable bonds is 4. The van der Waals surface area contributed by atoms with Crippen molar-refractivity contribution in [3.63, 3.8) is 0 Å². The molecule has 1 aliphatic heterocycles. The van der Waals surface area contributed by atoms with Crippen molar-refractivity contribution in [2.45, 2.75) is 33.3 Å². The molecule has 0 amide bonds. The van der Waals surface area contributed by atoms with E-state index in [0.29, 0.717) is 11.1 Å². The molecule has 0 aliphatic carbocycles. The molecule has 23 heavy (non-hydrogen) atoms. The molecular weight excluding hydrogens is 298 g/mol. The number of nitro groups is 1. The summed E-state index contributed by atoms with van der Waals surface area (Å²) in [6, 6.07) is 5.92. The van der Waals surface area contributed by atoms with Gasteiger partial charge in [0.15, 0.2) is 0 Å². The third-order valence-electron chi connectivity index (χ3n) is 4.38. The number of benzene rings is 1. The highest BCUT2D eigenvalue weighted by atomic mass is 16.6. The zero-order chi connectivity index (χ0) is 17.4. The van der Waals surface area contributed by atoms with E-state index in [4.69, 9.17) is 4.74 Å². The number of carbonyl (C=O) groups excluding carboxylic acids is 2. The minimum atomic E-state index is -0.592. The molecular formula is C17H19NO5. The average Bonchev–Trinajstić information content (AvgIpc) is 2.47. The standard InChI is InChI=1S/C17H19NO5/c1-10(19)9-14-11(2)16(20)23-15(17(14,3)4)12-5-7-13(8-6-12)18(21)22/h5-8,14-15H,2,9H2,1,3-4H3/t14-,15+/m1/s1. The molecule has 1 aliphatic rings. The van der Waals surface area contributed by atoms with Crippen LogP contribution in [-0.2, 0) is 14.3 Å². The molecule has 1 heterocycles. The maximum absolute atomic E-state index is 12.1. The topological polar surface area (TPSA) is 86.5 Å². The summed E-state index contributed by atoms with van der Waals surface area (Å²) in [6.45, 7) is 9.07. The summed E-state index contributed by atoms with van der Waals surface area (Å²) in [7, 11) is 0. The number of hydrogen-bond acceptors (Lipinski definition) is 5. The van der Waals surface area contributed by atoms with Crippen LogP contribution >= 0.6 is 0 Å². The lowest BCUT2D eigenvalue weighted by Crippen LogP contribution is -2.42. The first kappa shape index (κ1) is 16.9. The van der Waals surface area contributed by atoms with Crippen LogP contribution in [0.3, 0.4) is 0 Å². The van der Waals surface area contributed by atoms with Gasteiger partial charge in [-0.1, -0.05) is 20.4 Å². The third kappa shape index (κ3) is 3.16. The molecule has 1 fully saturated rings. The molecule has 122 valence electrons. The Labute approximate surface area is 134 Å². The molecule has 0 N–H and O–H groups in total. The molecule has 1 aromatic carbocycles. The smallest absolute Gasteiger partial charge is 0.334 e. The maximum Gasteiger partial charge on any atom is 0.334 e. The van der Waals surface area contributed by atoms with Gasteiger partial charge in [-0.15, -0.1) is 0 Å². The zero-order valence-electron chi connectivity index (χ0n) is 13.4. The second-order valence-electron chi connectivity index (χ2n) is 6.44. The van der Waals surface area contributed by atoms with Crippen molar-refractivity contribution < 1.29 is 19.2 Å². The lowest BCUT2D eigenvalue weighted by molar-refractivity contribution is -0.384. The van der Waals surface area contributed by atoms with Gasteiger partial charge < -0.3 is 9.53 Å². The van der Waals surface area contributed by atoms with Gasteiger partial charge in [0.05, 0.1) is 4.92 Å². The van der Waals surface area contributed by atoms with Gasteiger partial charge in [0.25, 0.3) is 5.69 Å². The van der Waals surface area contributed by atoms with Crippen molar-refractivity contribution in [3.8, 4) is 0 Å². The van der Waals surface area contributed by atoms with Gasteiger partial charge in [-0.2, -0.15) is 0 Å². The first-order valence-electron chi connectivity index (χ1n) is 7.28. The highest BCUT2D eigenvalue weighted by Crippen LogP contribution is 2.50. The van der Waals surface area contributed by atoms with E-state index >= 15 is 0 Å². The Balaban J connectivity index is 2.40. The Bertz CT molecular complexity index is 675. The molecule has 1 aromatic rings. The van der Waals surface area contributed by atoms with Crippen molar-refractivity contribution >= 4 is 17.4 Å². The fraction of sp³-hybridized carbons (Fsp3) is 0.412. The van der Waals surface area contributed by atoms with Gasteiger partial charge in [0, 0.05) is 35.5 Å². The molecule has 0 unspecified atom stereocenters. The number of ether oxygens (including phenoxy) is 1. The van der Waals surface area contributed by atoms with E-state index in [1.807, 2.05) is 13.8 Å². The Morgan fingerprint density at radius 2 is 1.91 bits per heavy atom. The molecule has 0 radical (unpaired) electrons. The van der Waals surface area contributed by atoms with E-state index in [-0.39, 0.29) is 23.8 Å². The second-order valence-corrected chi connectivity index (χ2v) is 6.44. The molecule has 0 saturated carbocycles. The summed E-state index contributed by atoms with van der Waals surface area (Å²) in [5.41, 5.74) is 0.379. The number of hydrogen-bond donors (Lipinski definition) is 0. The van der Waals surface area contributed by atoms with E-state index in [0.717, 1.165) is 0 Å². The van der Waals surface area contributed by atoms with Crippen LogP contribution in [-0.4, -0.2) is 16.7 Å². The van der Waals surface area contributed by atoms with Crippen LogP contribution in [0.2, 0.25) is 0 Å². The van der Waals surface area contributed by atoms with E-state index < -0.39 is 22.4 Å². The number of ketones is 1. The number of Topliss-reactive ketones (excluding diaryl/α,β-unsaturated/α-hetero) is 1. The predicted octanol–water partition coefficient (Wildman–Crippen LogP) is 3.37. The van der Waals surface area contributed by atoms with Crippen LogP contribution in [0.1, 0.15) is 38.9 Å². The molecule has 2 rings (SSSR count). The quantitative estimate of drug-likeness (QED) is 0.368. The molecule has 1 saturated heterocycles. The van der Waals surface area contributed by atoms with Crippen LogP contribution in [0.5, 0.6) is 0 Å². The second kappa shape index (κ2) is 5.95. The Hall–Kier alpha value is -2.50. The van der Waals surface area contributed by atoms with Crippen LogP contribution in [0.4, 0.5) is 5.69 Å². The first-order chi connectivity index (χ1) is 10.6. The van der Waals surface area contributed by atoms with E-state index in [2.05, 4.69) is 6.58 Å². The van der Waals surface area contributed by atoms with Gasteiger partial charge >= 0.3 is 5.97 Å². The van der Waals surface area contributed by atoms with Gasteiger partial charge in [0.2, 0.25) is 0 Å². The highest BCUT2D eigenvalue weighted by Gasteiger charge is 2.48. The number of carbonyl (C=O) groups is 2. The van der Waals surface area contributed by atoms with Gasteiger partial charge in [-0.05, 0) is 24.6 Å². The Morgan fingerprint density at radius 1 is 1.35 bits per heavy atom. The Kier molecular flexibility index (Phi) is 4.36. The van der Waals surface area contributed by atoms with E-state index in [1.54, 1.807) is 12.1 Å². The predicted molar refractivity (Wildman–Crippen MR) is 83.6 cm³/mol. The molecule has 0 spiro atoms. The summed E-state index contributed by atoms with van der Waals surface area (Å²) in [5, 5.41) is 10.8. The SMILES string of the molecule is C=C1C(=O)O[C@@H](c2ccc([N+](=O)[O-])cc2)C(C)(C)[C@@H]1CC(C)=O. The van der Waals surface area contributed by atoms with Crippen molar-refractivity contribution in [1.29, 1.82) is 0 Å². The summed E-state index contributed by atoms with van der Waals surface area (Å²) in [6.07, 6.45) is -0.379. The maximum atomic E-state index is 12.1. The van der Waals surface area contributed by atoms with Crippen molar-refractivity contribution in [1.82, 2.24) is 0 Å². The summed E-state index contributed by atoms with van der Waals surface area (Å²) in [4.78, 5) is 33.9. The van der Waals surface area contributed by atoms with Gasteiger partial charge in [-0.25, -0.2) is 4.79 Å². The lowest BCUT2D eigenvalue weighted by atomic mass is 9.66. The highest BCUT2D eigenvalue weighted by molar-refractivity contribution is 5.91. The fourth-order valence-corrected chi connectivity index (χ4v) is 3.05. The first-order valence-corrected chi connectivity index (χ1v) is 7.28. The third-order valence-corrected chi connectivity index (χ3v) is 4.38. The number of non-ortho nitro benzene ring substituents is 1. The van der Waals surface area contributed by atoms with Crippen LogP contribution in [0, 0.1) is 21.4 Å². The Morgan fingerprint density at radius 3 is 2.39 bits per heavy atom. The number of cyclic esters (lactones) is 1. The van der Waals surface area contributed by atoms with Gasteiger partial charge in [-0.3, -0.25) is 10.1 Å². The van der Waals surface area contributed by atoms with Crippen molar-refractivity contribution in [2.24, 2.45) is 11.3 Å². The molecule has 2 atom stereocenters. The number of esters is 1. The average molecular weight is 317 g/mol. The summed E-state index contributed by atoms with van der Waals surface area (Å²) >= 11 is 0. The molecule has 0 bridgehead atoms. The van der Waals surface area contributed by atoms with Crippen LogP contribution < -0.4 is 0 Å². The lowest BCUT2D eigenvalue weighted by Gasteiger charge is -2.45. The number of nitrogens with zero attached hydrogens (tertiary/aromatic N) is 1. The van der Waals surface area contributed by atoms with Crippen molar-refractivity contribution in [2.75, 3.05) is 0 Å². The number of nitro benzene ring substituents is 1. The van der Waals surface area contributed by atoms with E-state index in [9.17, 15) is 19.7 Å². The monoisotopic (exact) mass is 317 g/mol. The van der Waals surface area contributed by atoms with Gasteiger partial charge in [0.1, 0.15) is 11.9 Å². The normalized spacial score (nSPS) is 23.3. The molecule has 6 heteroatoms. The van der Waals surface area contributed by atoms with Crippen LogP contribution in [0.25, 0.3) is 0 Å².